The van der Waals surface area contributed by atoms with Crippen LogP contribution in [0.1, 0.15) is 0 Å². The van der Waals surface area contributed by atoms with Crippen LogP contribution in [0, 0.1) is 0 Å². The standard InChI is InChI=1S/C11H9N2O.ClH/c1-2-6-12-7-8-13(10(12)4-1)11-5-3-9-14-11;/h1-9H;1H/q+1;/p-1. The monoisotopic (exact) mass is 220 g/mol. The van der Waals surface area contributed by atoms with Crippen molar-refractivity contribution in [3.05, 3.63) is 55.2 Å². The van der Waals surface area contributed by atoms with E-state index >= 15 is 0 Å². The highest BCUT2D eigenvalue weighted by Crippen LogP contribution is 2.10. The van der Waals surface area contributed by atoms with Gasteiger partial charge in [0.2, 0.25) is 0 Å². The fraction of sp³-hybridized carbons (Fsp3) is 0. The highest BCUT2D eigenvalue weighted by Gasteiger charge is 2.11. The van der Waals surface area contributed by atoms with Gasteiger partial charge in [0.05, 0.1) is 12.5 Å². The van der Waals surface area contributed by atoms with Gasteiger partial charge in [-0.2, -0.15) is 4.57 Å². The Kier molecular flexibility index (Phi) is 2.47. The third kappa shape index (κ3) is 1.51. The average molecular weight is 221 g/mol. The number of pyridine rings is 1. The van der Waals surface area contributed by atoms with Crippen LogP contribution in [-0.2, 0) is 0 Å². The van der Waals surface area contributed by atoms with Gasteiger partial charge in [0.25, 0.3) is 11.5 Å². The molecule has 15 heavy (non-hydrogen) atoms. The van der Waals surface area contributed by atoms with E-state index in [1.807, 2.05) is 57.9 Å². The Morgan fingerprint density at radius 3 is 2.80 bits per heavy atom. The molecule has 0 bridgehead atoms. The molecule has 0 aliphatic rings. The Hall–Kier alpha value is -1.74. The molecule has 0 atom stereocenters. The van der Waals surface area contributed by atoms with Crippen LogP contribution in [0.5, 0.6) is 0 Å². The van der Waals surface area contributed by atoms with Crippen LogP contribution >= 0.6 is 0 Å². The van der Waals surface area contributed by atoms with E-state index < -0.39 is 0 Å². The lowest BCUT2D eigenvalue weighted by atomic mass is 10.5. The van der Waals surface area contributed by atoms with Crippen molar-refractivity contribution in [2.45, 2.75) is 0 Å². The molecular weight excluding hydrogens is 212 g/mol. The molecule has 0 N–H and O–H groups in total. The number of hydrogen-bond acceptors (Lipinski definition) is 1. The molecule has 0 amide bonds. The summed E-state index contributed by atoms with van der Waals surface area (Å²) in [6.07, 6.45) is 7.66. The van der Waals surface area contributed by atoms with Crippen LogP contribution in [0.2, 0.25) is 0 Å². The quantitative estimate of drug-likeness (QED) is 0.473. The maximum atomic E-state index is 5.34. The highest BCUT2D eigenvalue weighted by atomic mass is 35.5. The molecule has 3 rings (SSSR count). The molecule has 3 nitrogen and oxygen atoms in total. The zero-order valence-electron chi connectivity index (χ0n) is 7.88. The van der Waals surface area contributed by atoms with Gasteiger partial charge in [0, 0.05) is 12.1 Å². The van der Waals surface area contributed by atoms with Gasteiger partial charge in [-0.25, -0.2) is 4.40 Å². The van der Waals surface area contributed by atoms with Gasteiger partial charge in [-0.05, 0) is 12.1 Å². The van der Waals surface area contributed by atoms with Crippen LogP contribution in [0.4, 0.5) is 0 Å². The molecule has 0 fully saturated rings. The number of fused-ring (bicyclic) bond motifs is 1. The molecule has 0 saturated carbocycles. The van der Waals surface area contributed by atoms with Crippen molar-refractivity contribution in [1.82, 2.24) is 4.57 Å². The van der Waals surface area contributed by atoms with E-state index in [1.165, 1.54) is 0 Å². The Morgan fingerprint density at radius 2 is 2.00 bits per heavy atom. The van der Waals surface area contributed by atoms with E-state index in [0.29, 0.717) is 0 Å². The van der Waals surface area contributed by atoms with E-state index in [0.717, 1.165) is 11.5 Å². The summed E-state index contributed by atoms with van der Waals surface area (Å²) in [6.45, 7) is 0. The fourth-order valence-electron chi connectivity index (χ4n) is 1.59. The Balaban J connectivity index is 0.000000853. The van der Waals surface area contributed by atoms with E-state index in [9.17, 15) is 0 Å². The molecule has 3 aromatic rings. The van der Waals surface area contributed by atoms with Crippen molar-refractivity contribution in [2.75, 3.05) is 0 Å². The zero-order valence-corrected chi connectivity index (χ0v) is 8.63. The molecule has 0 aromatic carbocycles. The SMILES string of the molecule is [Cl-].c1coc(-n2cc[n+]3ccccc23)c1. The van der Waals surface area contributed by atoms with Crippen LogP contribution in [-0.4, -0.2) is 4.57 Å². The lowest BCUT2D eigenvalue weighted by molar-refractivity contribution is -0.510. The number of rotatable bonds is 1. The molecule has 0 saturated heterocycles. The van der Waals surface area contributed by atoms with Gasteiger partial charge in [0.1, 0.15) is 12.4 Å². The van der Waals surface area contributed by atoms with Crippen molar-refractivity contribution < 1.29 is 21.2 Å². The molecule has 4 heteroatoms. The summed E-state index contributed by atoms with van der Waals surface area (Å²) >= 11 is 0. The minimum Gasteiger partial charge on any atom is -1.00 e. The topological polar surface area (TPSA) is 22.2 Å². The van der Waals surface area contributed by atoms with Gasteiger partial charge in [-0.1, -0.05) is 6.07 Å². The molecule has 3 aromatic heterocycles. The van der Waals surface area contributed by atoms with Crippen molar-refractivity contribution in [2.24, 2.45) is 0 Å². The van der Waals surface area contributed by atoms with Crippen LogP contribution in [0.15, 0.2) is 59.6 Å². The second kappa shape index (κ2) is 3.79. The van der Waals surface area contributed by atoms with Crippen molar-refractivity contribution in [3.63, 3.8) is 0 Å². The Labute approximate surface area is 93.0 Å². The highest BCUT2D eigenvalue weighted by molar-refractivity contribution is 5.38. The van der Waals surface area contributed by atoms with E-state index in [1.54, 1.807) is 6.26 Å². The van der Waals surface area contributed by atoms with Crippen LogP contribution < -0.4 is 16.8 Å². The summed E-state index contributed by atoms with van der Waals surface area (Å²) in [5, 5.41) is 0. The fourth-order valence-corrected chi connectivity index (χ4v) is 1.59. The smallest absolute Gasteiger partial charge is 0.294 e. The maximum absolute atomic E-state index is 5.34. The first-order chi connectivity index (χ1) is 6.95. The molecule has 0 aliphatic heterocycles. The first-order valence-electron chi connectivity index (χ1n) is 4.46. The van der Waals surface area contributed by atoms with Gasteiger partial charge in [-0.15, -0.1) is 0 Å². The lowest BCUT2D eigenvalue weighted by Crippen LogP contribution is -3.00. The minimum absolute atomic E-state index is 0. The molecule has 0 aliphatic carbocycles. The molecule has 76 valence electrons. The number of furan rings is 1. The number of imidazole rings is 1. The molecule has 0 unspecified atom stereocenters. The zero-order chi connectivity index (χ0) is 9.38. The predicted molar refractivity (Wildman–Crippen MR) is 51.2 cm³/mol. The van der Waals surface area contributed by atoms with Crippen molar-refractivity contribution >= 4 is 5.65 Å². The van der Waals surface area contributed by atoms with E-state index in [2.05, 4.69) is 0 Å². The predicted octanol–water partition coefficient (Wildman–Crippen LogP) is -1.19. The summed E-state index contributed by atoms with van der Waals surface area (Å²) in [5.74, 6) is 0.832. The summed E-state index contributed by atoms with van der Waals surface area (Å²) in [7, 11) is 0. The third-order valence-electron chi connectivity index (χ3n) is 2.23. The van der Waals surface area contributed by atoms with Crippen molar-refractivity contribution in [3.8, 4) is 5.88 Å². The maximum Gasteiger partial charge on any atom is 0.294 e. The molecule has 0 radical (unpaired) electrons. The third-order valence-corrected chi connectivity index (χ3v) is 2.23. The van der Waals surface area contributed by atoms with Gasteiger partial charge in [0.15, 0.2) is 0 Å². The number of aromatic nitrogens is 2. The Bertz CT molecular complexity index is 557. The normalized spacial score (nSPS) is 10.1. The Morgan fingerprint density at radius 1 is 1.07 bits per heavy atom. The largest absolute Gasteiger partial charge is 1.00 e. The first-order valence-corrected chi connectivity index (χ1v) is 4.46. The summed E-state index contributed by atoms with van der Waals surface area (Å²) in [4.78, 5) is 0. The molecular formula is C11H9ClN2O. The number of hydrogen-bond donors (Lipinski definition) is 0. The summed E-state index contributed by atoms with van der Waals surface area (Å²) < 4.78 is 9.38. The number of halogens is 1. The van der Waals surface area contributed by atoms with Crippen LogP contribution in [0.25, 0.3) is 11.5 Å². The van der Waals surface area contributed by atoms with Gasteiger partial charge < -0.3 is 16.8 Å². The van der Waals surface area contributed by atoms with Gasteiger partial charge >= 0.3 is 0 Å². The van der Waals surface area contributed by atoms with E-state index in [-0.39, 0.29) is 12.4 Å². The second-order valence-electron chi connectivity index (χ2n) is 3.09. The van der Waals surface area contributed by atoms with Crippen molar-refractivity contribution in [1.29, 1.82) is 0 Å². The van der Waals surface area contributed by atoms with E-state index in [4.69, 9.17) is 4.42 Å². The first kappa shape index (κ1) is 9.80. The van der Waals surface area contributed by atoms with Gasteiger partial charge in [-0.3, -0.25) is 0 Å². The molecule has 3 heterocycles. The summed E-state index contributed by atoms with van der Waals surface area (Å²) in [6, 6.07) is 9.87. The lowest BCUT2D eigenvalue weighted by Gasteiger charge is -1.90. The summed E-state index contributed by atoms with van der Waals surface area (Å²) in [5.41, 5.74) is 1.09. The van der Waals surface area contributed by atoms with Crippen LogP contribution in [0.3, 0.4) is 0 Å². The second-order valence-corrected chi connectivity index (χ2v) is 3.09. The molecule has 0 spiro atoms. The number of nitrogens with zero attached hydrogens (tertiary/aromatic N) is 2. The minimum atomic E-state index is 0. The average Bonchev–Trinajstić information content (AvgIpc) is 2.85.